The average molecular weight is 364 g/mol. The Morgan fingerprint density at radius 3 is 2.54 bits per heavy atom. The van der Waals surface area contributed by atoms with E-state index in [-0.39, 0.29) is 19.0 Å². The summed E-state index contributed by atoms with van der Waals surface area (Å²) in [6, 6.07) is 0. The third kappa shape index (κ3) is 3.55. The molecule has 3 heterocycles. The SMILES string of the molecule is CCC(OCC1CO1)(OCC12OCCCOC1O2)[Si](C)(OC)OC. The first kappa shape index (κ1) is 18.7. The Labute approximate surface area is 143 Å². The van der Waals surface area contributed by atoms with Crippen LogP contribution in [0, 0.1) is 0 Å². The van der Waals surface area contributed by atoms with Gasteiger partial charge in [0.1, 0.15) is 12.7 Å². The maximum absolute atomic E-state index is 6.25. The Hall–Kier alpha value is -0.103. The van der Waals surface area contributed by atoms with Crippen LogP contribution in [0.4, 0.5) is 0 Å². The summed E-state index contributed by atoms with van der Waals surface area (Å²) in [5.41, 5.74) is -0.983. The number of fused-ring (bicyclic) bond motifs is 1. The molecule has 0 amide bonds. The van der Waals surface area contributed by atoms with Crippen molar-refractivity contribution in [1.29, 1.82) is 0 Å². The molecule has 140 valence electrons. The van der Waals surface area contributed by atoms with Crippen molar-refractivity contribution in [1.82, 2.24) is 0 Å². The van der Waals surface area contributed by atoms with E-state index >= 15 is 0 Å². The second-order valence-electron chi connectivity index (χ2n) is 6.35. The van der Waals surface area contributed by atoms with E-state index in [0.29, 0.717) is 32.8 Å². The third-order valence-electron chi connectivity index (χ3n) is 4.86. The van der Waals surface area contributed by atoms with Crippen LogP contribution < -0.4 is 0 Å². The standard InChI is InChI=1S/C15H28O8Si/c1-5-15(21-10-12-9-19-12,24(4,16-2)17-3)22-11-14-13(23-14)18-7-6-8-20-14/h12-13H,5-11H2,1-4H3. The summed E-state index contributed by atoms with van der Waals surface area (Å²) in [5, 5.41) is 0. The van der Waals surface area contributed by atoms with Gasteiger partial charge in [0.05, 0.1) is 26.4 Å². The first-order valence-electron chi connectivity index (χ1n) is 8.46. The Balaban J connectivity index is 1.70. The molecule has 4 unspecified atom stereocenters. The summed E-state index contributed by atoms with van der Waals surface area (Å²) in [4.78, 5) is 0. The topological polar surface area (TPSA) is 80.4 Å². The van der Waals surface area contributed by atoms with Gasteiger partial charge < -0.3 is 37.3 Å². The van der Waals surface area contributed by atoms with Crippen LogP contribution in [0.2, 0.25) is 6.55 Å². The van der Waals surface area contributed by atoms with E-state index in [2.05, 4.69) is 0 Å². The van der Waals surface area contributed by atoms with E-state index in [9.17, 15) is 0 Å². The smallest absolute Gasteiger partial charge is 0.395 e. The van der Waals surface area contributed by atoms with Crippen LogP contribution in [0.3, 0.4) is 0 Å². The van der Waals surface area contributed by atoms with Crippen LogP contribution >= 0.6 is 0 Å². The zero-order valence-electron chi connectivity index (χ0n) is 14.9. The van der Waals surface area contributed by atoms with Crippen molar-refractivity contribution in [2.75, 3.05) is 47.3 Å². The van der Waals surface area contributed by atoms with Gasteiger partial charge in [0, 0.05) is 20.6 Å². The molecule has 0 saturated carbocycles. The van der Waals surface area contributed by atoms with Gasteiger partial charge in [-0.3, -0.25) is 0 Å². The van der Waals surface area contributed by atoms with Crippen molar-refractivity contribution in [2.45, 2.75) is 49.9 Å². The number of epoxide rings is 2. The van der Waals surface area contributed by atoms with E-state index in [1.54, 1.807) is 14.2 Å². The summed E-state index contributed by atoms with van der Waals surface area (Å²) in [6.07, 6.45) is 1.16. The highest BCUT2D eigenvalue weighted by molar-refractivity contribution is 6.68. The van der Waals surface area contributed by atoms with E-state index in [1.165, 1.54) is 0 Å². The van der Waals surface area contributed by atoms with Gasteiger partial charge >= 0.3 is 8.56 Å². The Morgan fingerprint density at radius 2 is 1.92 bits per heavy atom. The van der Waals surface area contributed by atoms with Gasteiger partial charge in [-0.1, -0.05) is 6.92 Å². The Kier molecular flexibility index (Phi) is 5.65. The number of hydrogen-bond acceptors (Lipinski definition) is 8. The highest BCUT2D eigenvalue weighted by atomic mass is 28.4. The number of ether oxygens (including phenoxy) is 6. The third-order valence-corrected chi connectivity index (χ3v) is 8.44. The molecule has 3 aliphatic heterocycles. The maximum atomic E-state index is 6.25. The molecule has 0 radical (unpaired) electrons. The van der Waals surface area contributed by atoms with Gasteiger partial charge in [-0.25, -0.2) is 0 Å². The lowest BCUT2D eigenvalue weighted by atomic mass is 10.4. The summed E-state index contributed by atoms with van der Waals surface area (Å²) in [6.45, 7) is 6.48. The van der Waals surface area contributed by atoms with Crippen molar-refractivity contribution in [3.05, 3.63) is 0 Å². The zero-order chi connectivity index (χ0) is 17.3. The second kappa shape index (κ2) is 7.26. The van der Waals surface area contributed by atoms with Crippen LogP contribution in [0.5, 0.6) is 0 Å². The summed E-state index contributed by atoms with van der Waals surface area (Å²) < 4.78 is 46.1. The normalized spacial score (nSPS) is 35.0. The number of rotatable bonds is 10. The fourth-order valence-corrected chi connectivity index (χ4v) is 4.99. The molecule has 0 aromatic heterocycles. The molecule has 0 aromatic rings. The van der Waals surface area contributed by atoms with Gasteiger partial charge in [-0.05, 0) is 13.0 Å². The summed E-state index contributed by atoms with van der Waals surface area (Å²) in [7, 11) is 0.471. The molecule has 3 fully saturated rings. The molecule has 0 bridgehead atoms. The van der Waals surface area contributed by atoms with E-state index in [0.717, 1.165) is 6.42 Å². The van der Waals surface area contributed by atoms with Crippen molar-refractivity contribution >= 4 is 8.56 Å². The summed E-state index contributed by atoms with van der Waals surface area (Å²) in [5.74, 6) is -0.840. The molecule has 3 rings (SSSR count). The van der Waals surface area contributed by atoms with E-state index in [4.69, 9.17) is 37.3 Å². The van der Waals surface area contributed by atoms with E-state index in [1.807, 2.05) is 13.5 Å². The first-order valence-corrected chi connectivity index (χ1v) is 10.8. The van der Waals surface area contributed by atoms with Gasteiger partial charge in [-0.2, -0.15) is 0 Å². The average Bonchev–Trinajstić information content (AvgIpc) is 3.48. The summed E-state index contributed by atoms with van der Waals surface area (Å²) >= 11 is 0. The van der Waals surface area contributed by atoms with Gasteiger partial charge in [0.15, 0.2) is 0 Å². The zero-order valence-corrected chi connectivity index (χ0v) is 15.9. The second-order valence-corrected chi connectivity index (χ2v) is 9.82. The maximum Gasteiger partial charge on any atom is 0.396 e. The van der Waals surface area contributed by atoms with Crippen molar-refractivity contribution in [2.24, 2.45) is 0 Å². The molecular formula is C15H28O8Si. The molecule has 9 heteroatoms. The highest BCUT2D eigenvalue weighted by Gasteiger charge is 2.64. The molecular weight excluding hydrogens is 336 g/mol. The fourth-order valence-electron chi connectivity index (χ4n) is 2.88. The fraction of sp³-hybridized carbons (Fsp3) is 1.00. The largest absolute Gasteiger partial charge is 0.396 e. The lowest BCUT2D eigenvalue weighted by molar-refractivity contribution is -0.235. The lowest BCUT2D eigenvalue weighted by Gasteiger charge is -2.42. The molecule has 3 saturated heterocycles. The minimum Gasteiger partial charge on any atom is -0.395 e. The minimum absolute atomic E-state index is 0.118. The monoisotopic (exact) mass is 364 g/mol. The lowest BCUT2D eigenvalue weighted by Crippen LogP contribution is -2.64. The molecule has 0 aliphatic carbocycles. The first-order chi connectivity index (χ1) is 11.5. The molecule has 4 atom stereocenters. The molecule has 8 nitrogen and oxygen atoms in total. The minimum atomic E-state index is -2.78. The van der Waals surface area contributed by atoms with Crippen LogP contribution in [-0.4, -0.2) is 79.4 Å². The van der Waals surface area contributed by atoms with E-state index < -0.39 is 19.8 Å². The van der Waals surface area contributed by atoms with Crippen LogP contribution in [0.25, 0.3) is 0 Å². The quantitative estimate of drug-likeness (QED) is 0.322. The predicted molar refractivity (Wildman–Crippen MR) is 84.4 cm³/mol. The highest BCUT2D eigenvalue weighted by Crippen LogP contribution is 2.43. The van der Waals surface area contributed by atoms with Crippen LogP contribution in [0.1, 0.15) is 19.8 Å². The van der Waals surface area contributed by atoms with Crippen molar-refractivity contribution in [3.8, 4) is 0 Å². The molecule has 0 spiro atoms. The van der Waals surface area contributed by atoms with Crippen LogP contribution in [-0.2, 0) is 37.3 Å². The Bertz CT molecular complexity index is 430. The Morgan fingerprint density at radius 1 is 1.17 bits per heavy atom. The van der Waals surface area contributed by atoms with Crippen molar-refractivity contribution < 1.29 is 37.3 Å². The van der Waals surface area contributed by atoms with Gasteiger partial charge in [0.2, 0.25) is 17.5 Å². The molecule has 0 N–H and O–H groups in total. The van der Waals surface area contributed by atoms with Crippen molar-refractivity contribution in [3.63, 3.8) is 0 Å². The molecule has 0 aromatic carbocycles. The van der Waals surface area contributed by atoms with Gasteiger partial charge in [0.25, 0.3) is 0 Å². The van der Waals surface area contributed by atoms with Gasteiger partial charge in [-0.15, -0.1) is 0 Å². The predicted octanol–water partition coefficient (Wildman–Crippen LogP) is 0.918. The number of hydrogen-bond donors (Lipinski definition) is 0. The molecule has 3 aliphatic rings. The van der Waals surface area contributed by atoms with Crippen LogP contribution in [0.15, 0.2) is 0 Å². The molecule has 24 heavy (non-hydrogen) atoms.